The van der Waals surface area contributed by atoms with Crippen molar-refractivity contribution >= 4 is 50.5 Å². The summed E-state index contributed by atoms with van der Waals surface area (Å²) in [6, 6.07) is 15.0. The number of nitrogen functional groups attached to an aromatic ring is 1. The number of amides is 2. The average Bonchev–Trinajstić information content (AvgIpc) is 2.93. The van der Waals surface area contributed by atoms with E-state index in [9.17, 15) is 13.8 Å². The molecule has 0 saturated carbocycles. The van der Waals surface area contributed by atoms with Crippen LogP contribution in [0.1, 0.15) is 34.1 Å². The summed E-state index contributed by atoms with van der Waals surface area (Å²) < 4.78 is 20.6. The van der Waals surface area contributed by atoms with Gasteiger partial charge in [-0.3, -0.25) is 24.3 Å². The van der Waals surface area contributed by atoms with Gasteiger partial charge in [-0.25, -0.2) is 4.21 Å². The molecule has 3 rings (SSSR count). The smallest absolute Gasteiger partial charge is 0.257 e. The number of benzene rings is 2. The predicted molar refractivity (Wildman–Crippen MR) is 156 cm³/mol. The number of carbonyl (C=O) groups excluding carboxylic acids is 2. The summed E-state index contributed by atoms with van der Waals surface area (Å²) in [6.45, 7) is 1.80. The number of amidine groups is 1. The van der Waals surface area contributed by atoms with E-state index in [4.69, 9.17) is 27.5 Å². The Kier molecular flexibility index (Phi) is 9.91. The van der Waals surface area contributed by atoms with E-state index in [0.29, 0.717) is 28.3 Å². The van der Waals surface area contributed by atoms with Crippen LogP contribution in [0.5, 0.6) is 5.75 Å². The van der Waals surface area contributed by atoms with E-state index in [-0.39, 0.29) is 47.8 Å². The molecule has 0 aliphatic rings. The van der Waals surface area contributed by atoms with Gasteiger partial charge in [-0.2, -0.15) is 0 Å². The first kappa shape index (κ1) is 29.5. The summed E-state index contributed by atoms with van der Waals surface area (Å²) in [5, 5.41) is 13.2. The minimum Gasteiger partial charge on any atom is -0.483 e. The lowest BCUT2D eigenvalue weighted by Crippen LogP contribution is -2.32. The molecule has 206 valence electrons. The van der Waals surface area contributed by atoms with Gasteiger partial charge in [-0.05, 0) is 42.3 Å². The fourth-order valence-electron chi connectivity index (χ4n) is 3.54. The number of carbonyl (C=O) groups is 2. The molecule has 10 nitrogen and oxygen atoms in total. The average molecular weight is 571 g/mol. The Labute approximate surface area is 233 Å². The molecule has 0 saturated heterocycles. The minimum absolute atomic E-state index is 0.0562. The van der Waals surface area contributed by atoms with E-state index in [0.717, 1.165) is 0 Å². The molecule has 3 aromatic rings. The monoisotopic (exact) mass is 570 g/mol. The van der Waals surface area contributed by atoms with Crippen LogP contribution in [-0.2, 0) is 27.6 Å². The molecule has 0 aliphatic heterocycles. The van der Waals surface area contributed by atoms with E-state index in [1.165, 1.54) is 19.2 Å². The molecule has 0 aliphatic carbocycles. The number of hydrogen-bond acceptors (Lipinski definition) is 6. The molecule has 0 fully saturated rings. The highest BCUT2D eigenvalue weighted by molar-refractivity contribution is 8.01. The van der Waals surface area contributed by atoms with Crippen molar-refractivity contribution in [2.75, 3.05) is 23.7 Å². The Morgan fingerprint density at radius 2 is 1.95 bits per heavy atom. The molecular formula is C27H31ClN6O4S. The summed E-state index contributed by atoms with van der Waals surface area (Å²) in [5.41, 5.74) is 7.99. The molecule has 1 aromatic heterocycles. The maximum absolute atomic E-state index is 13.4. The van der Waals surface area contributed by atoms with Crippen molar-refractivity contribution in [1.82, 2.24) is 15.6 Å². The van der Waals surface area contributed by atoms with Crippen molar-refractivity contribution in [2.24, 2.45) is 5.73 Å². The lowest BCUT2D eigenvalue weighted by Gasteiger charge is -2.28. The van der Waals surface area contributed by atoms with Crippen molar-refractivity contribution < 1.29 is 18.5 Å². The highest BCUT2D eigenvalue weighted by Crippen LogP contribution is 2.27. The third kappa shape index (κ3) is 7.95. The number of hydrogen-bond donors (Lipinski definition) is 4. The molecule has 5 N–H and O–H groups in total. The van der Waals surface area contributed by atoms with Gasteiger partial charge < -0.3 is 21.1 Å². The molecule has 1 atom stereocenters. The van der Waals surface area contributed by atoms with Crippen LogP contribution in [0.4, 0.5) is 5.69 Å². The van der Waals surface area contributed by atoms with Crippen molar-refractivity contribution in [1.29, 1.82) is 5.41 Å². The second-order valence-electron chi connectivity index (χ2n) is 8.50. The van der Waals surface area contributed by atoms with Crippen LogP contribution in [0.2, 0.25) is 5.02 Å². The highest BCUT2D eigenvalue weighted by Gasteiger charge is 2.20. The predicted octanol–water partition coefficient (Wildman–Crippen LogP) is 2.73. The molecule has 2 amide bonds. The fraction of sp³-hybridized carbons (Fsp3) is 0.222. The third-order valence-electron chi connectivity index (χ3n) is 5.77. The van der Waals surface area contributed by atoms with Crippen molar-refractivity contribution in [3.63, 3.8) is 0 Å². The first-order chi connectivity index (χ1) is 18.5. The summed E-state index contributed by atoms with van der Waals surface area (Å²) in [6.07, 6.45) is 1.65. The van der Waals surface area contributed by atoms with Gasteiger partial charge >= 0.3 is 0 Å². The Morgan fingerprint density at radius 3 is 2.59 bits per heavy atom. The maximum Gasteiger partial charge on any atom is 0.257 e. The standard InChI is InChI=1S/C27H31ClN6O4S/c1-4-39(3,37)34(16-22-7-5-6-10-32-22)23-12-20(11-21(28)14-23)27(36)33-15-19-9-8-18(26(29)30)13-24(19)38-17-25(35)31-2/h5-14H,3-4,15-17H2,1-2H3,(H3,29,30)(H,31,35)(H,33,36). The van der Waals surface area contributed by atoms with Crippen LogP contribution in [0, 0.1) is 5.41 Å². The number of aromatic nitrogens is 1. The number of nitrogens with zero attached hydrogens (tertiary/aromatic N) is 2. The van der Waals surface area contributed by atoms with Crippen molar-refractivity contribution in [2.45, 2.75) is 20.0 Å². The van der Waals surface area contributed by atoms with Gasteiger partial charge in [0.2, 0.25) is 0 Å². The Bertz CT molecular complexity index is 1460. The van der Waals surface area contributed by atoms with Crippen molar-refractivity contribution in [3.8, 4) is 5.75 Å². The van der Waals surface area contributed by atoms with Gasteiger partial charge in [-0.15, -0.1) is 0 Å². The Hall–Kier alpha value is -4.09. The van der Waals surface area contributed by atoms with Gasteiger partial charge in [0.05, 0.1) is 17.9 Å². The summed E-state index contributed by atoms with van der Waals surface area (Å²) in [4.78, 5) is 29.2. The zero-order chi connectivity index (χ0) is 28.6. The molecule has 39 heavy (non-hydrogen) atoms. The van der Waals surface area contributed by atoms with Gasteiger partial charge in [0, 0.05) is 57.0 Å². The molecule has 0 bridgehead atoms. The van der Waals surface area contributed by atoms with E-state index < -0.39 is 15.6 Å². The van der Waals surface area contributed by atoms with Gasteiger partial charge in [0.15, 0.2) is 6.61 Å². The number of halogens is 1. The first-order valence-corrected chi connectivity index (χ1v) is 14.2. The third-order valence-corrected chi connectivity index (χ3v) is 8.04. The summed E-state index contributed by atoms with van der Waals surface area (Å²) in [7, 11) is -1.24. The number of ether oxygens (including phenoxy) is 1. The number of nitrogens with one attached hydrogen (secondary N) is 3. The van der Waals surface area contributed by atoms with Gasteiger partial charge in [0.1, 0.15) is 11.6 Å². The molecule has 12 heteroatoms. The number of anilines is 1. The highest BCUT2D eigenvalue weighted by atomic mass is 35.5. The number of rotatable bonds is 12. The molecule has 0 spiro atoms. The van der Waals surface area contributed by atoms with E-state index in [1.54, 1.807) is 47.8 Å². The Balaban J connectivity index is 1.86. The van der Waals surface area contributed by atoms with Gasteiger partial charge in [0.25, 0.3) is 11.8 Å². The zero-order valence-corrected chi connectivity index (χ0v) is 23.3. The second kappa shape index (κ2) is 13.1. The molecular weight excluding hydrogens is 540 g/mol. The second-order valence-corrected chi connectivity index (χ2v) is 11.5. The lowest BCUT2D eigenvalue weighted by molar-refractivity contribution is -0.122. The van der Waals surface area contributed by atoms with Crippen LogP contribution in [0.15, 0.2) is 60.8 Å². The lowest BCUT2D eigenvalue weighted by atomic mass is 10.1. The molecule has 0 radical (unpaired) electrons. The molecule has 1 heterocycles. The van der Waals surface area contributed by atoms with Crippen LogP contribution in [0.25, 0.3) is 0 Å². The number of likely N-dealkylation sites (N-methyl/N-ethyl adjacent to an activating group) is 1. The first-order valence-electron chi connectivity index (χ1n) is 12.0. The largest absolute Gasteiger partial charge is 0.483 e. The van der Waals surface area contributed by atoms with E-state index in [2.05, 4.69) is 21.5 Å². The topological polar surface area (TPSA) is 150 Å². The van der Waals surface area contributed by atoms with Crippen LogP contribution in [-0.4, -0.2) is 52.1 Å². The number of pyridine rings is 1. The van der Waals surface area contributed by atoms with E-state index >= 15 is 0 Å². The van der Waals surface area contributed by atoms with E-state index in [1.807, 2.05) is 12.1 Å². The zero-order valence-electron chi connectivity index (χ0n) is 21.7. The summed E-state index contributed by atoms with van der Waals surface area (Å²) in [5.74, 6) is 3.57. The minimum atomic E-state index is -2.73. The molecule has 2 aromatic carbocycles. The van der Waals surface area contributed by atoms with Crippen LogP contribution < -0.4 is 25.4 Å². The van der Waals surface area contributed by atoms with Crippen molar-refractivity contribution in [3.05, 3.63) is 88.2 Å². The SMILES string of the molecule is C=S(=O)(CC)N(Cc1ccccn1)c1cc(Cl)cc(C(=O)NCc2ccc(C(=N)N)cc2OCC(=O)NC)c1. The van der Waals surface area contributed by atoms with Gasteiger partial charge in [-0.1, -0.05) is 36.7 Å². The fourth-order valence-corrected chi connectivity index (χ4v) is 4.94. The molecule has 1 unspecified atom stereocenters. The quantitative estimate of drug-likeness (QED) is 0.149. The summed E-state index contributed by atoms with van der Waals surface area (Å²) >= 11 is 6.38. The van der Waals surface area contributed by atoms with Crippen LogP contribution in [0.3, 0.4) is 0 Å². The van der Waals surface area contributed by atoms with Crippen LogP contribution >= 0.6 is 11.6 Å². The number of nitrogens with two attached hydrogens (primary N) is 1. The maximum atomic E-state index is 13.4. The normalized spacial score (nSPS) is 12.2. The Morgan fingerprint density at radius 1 is 1.18 bits per heavy atom.